The number of hydrogen-bond acceptors (Lipinski definition) is 6. The lowest BCUT2D eigenvalue weighted by molar-refractivity contribution is 0.0198. The Labute approximate surface area is 187 Å². The zero-order valence-electron chi connectivity index (χ0n) is 19.0. The van der Waals surface area contributed by atoms with Crippen LogP contribution in [0.2, 0.25) is 0 Å². The molecule has 0 aliphatic heterocycles. The number of anilines is 1. The first-order chi connectivity index (χ1) is 14.7. The Morgan fingerprint density at radius 3 is 2.52 bits per heavy atom. The Morgan fingerprint density at radius 1 is 1.10 bits per heavy atom. The number of aliphatic hydroxyl groups is 1. The summed E-state index contributed by atoms with van der Waals surface area (Å²) in [6.07, 6.45) is 13.3. The van der Waals surface area contributed by atoms with Crippen LogP contribution in [0.15, 0.2) is 18.2 Å². The van der Waals surface area contributed by atoms with Crippen LogP contribution in [0.4, 0.5) is 5.69 Å². The van der Waals surface area contributed by atoms with Gasteiger partial charge in [0.15, 0.2) is 0 Å². The third-order valence-corrected chi connectivity index (χ3v) is 6.52. The van der Waals surface area contributed by atoms with Crippen LogP contribution in [-0.2, 0) is 20.5 Å². The van der Waals surface area contributed by atoms with Crippen LogP contribution in [-0.4, -0.2) is 44.6 Å². The highest BCUT2D eigenvalue weighted by molar-refractivity contribution is 7.92. The van der Waals surface area contributed by atoms with Crippen molar-refractivity contribution in [2.24, 2.45) is 5.92 Å². The Hall–Kier alpha value is -1.35. The van der Waals surface area contributed by atoms with Crippen molar-refractivity contribution >= 4 is 15.7 Å². The molecule has 2 rings (SSSR count). The number of unbranched alkanes of at least 4 members (excludes halogenated alkanes) is 3. The van der Waals surface area contributed by atoms with E-state index in [-0.39, 0.29) is 11.4 Å². The Morgan fingerprint density at radius 2 is 1.81 bits per heavy atom. The van der Waals surface area contributed by atoms with Crippen molar-refractivity contribution in [3.05, 3.63) is 23.8 Å². The topological polar surface area (TPSA) is 108 Å². The second-order valence-corrected chi connectivity index (χ2v) is 10.7. The number of nitrogens with one attached hydrogen (secondary N) is 2. The van der Waals surface area contributed by atoms with Gasteiger partial charge in [-0.3, -0.25) is 10.0 Å². The van der Waals surface area contributed by atoms with Crippen molar-refractivity contribution in [3.63, 3.8) is 0 Å². The predicted octanol–water partition coefficient (Wildman–Crippen LogP) is 4.07. The molecule has 0 saturated heterocycles. The van der Waals surface area contributed by atoms with E-state index in [2.05, 4.69) is 10.0 Å². The SMILES string of the molecule is CC(O)(NCCCCCCOCCC1CCCCC1)c1ccc(O)c(NS(C)(=O)=O)c1. The highest BCUT2D eigenvalue weighted by atomic mass is 32.2. The molecule has 1 aliphatic rings. The minimum Gasteiger partial charge on any atom is -0.506 e. The average molecular weight is 457 g/mol. The Bertz CT molecular complexity index is 761. The van der Waals surface area contributed by atoms with Crippen LogP contribution >= 0.6 is 0 Å². The summed E-state index contributed by atoms with van der Waals surface area (Å²) in [5.41, 5.74) is -0.808. The second-order valence-electron chi connectivity index (χ2n) is 8.92. The van der Waals surface area contributed by atoms with Gasteiger partial charge in [-0.1, -0.05) is 51.0 Å². The van der Waals surface area contributed by atoms with E-state index in [0.29, 0.717) is 12.1 Å². The number of aromatic hydroxyl groups is 1. The minimum atomic E-state index is -3.53. The first-order valence-electron chi connectivity index (χ1n) is 11.5. The maximum absolute atomic E-state index is 11.4. The summed E-state index contributed by atoms with van der Waals surface area (Å²) < 4.78 is 30.9. The number of rotatable bonds is 14. The molecule has 0 amide bonds. The standard InChI is InChI=1S/C23H40N2O5S/c1-23(27,20-12-13-22(26)21(18-20)25-31(2,28)29)24-15-8-3-4-9-16-30-17-14-19-10-6-5-7-11-19/h12-13,18-19,24-27H,3-11,14-17H2,1-2H3. The van der Waals surface area contributed by atoms with Gasteiger partial charge >= 0.3 is 0 Å². The molecule has 0 radical (unpaired) electrons. The average Bonchev–Trinajstić information content (AvgIpc) is 2.70. The Kier molecular flexibility index (Phi) is 10.6. The molecule has 0 aromatic heterocycles. The van der Waals surface area contributed by atoms with Crippen LogP contribution < -0.4 is 10.0 Å². The molecule has 0 spiro atoms. The first kappa shape index (κ1) is 25.9. The predicted molar refractivity (Wildman–Crippen MR) is 125 cm³/mol. The van der Waals surface area contributed by atoms with Crippen molar-refractivity contribution in [1.82, 2.24) is 5.32 Å². The monoisotopic (exact) mass is 456 g/mol. The van der Waals surface area contributed by atoms with E-state index in [1.807, 2.05) is 0 Å². The van der Waals surface area contributed by atoms with E-state index in [1.54, 1.807) is 13.0 Å². The zero-order valence-corrected chi connectivity index (χ0v) is 19.8. The van der Waals surface area contributed by atoms with Gasteiger partial charge in [-0.2, -0.15) is 0 Å². The largest absolute Gasteiger partial charge is 0.506 e. The van der Waals surface area contributed by atoms with Gasteiger partial charge in [-0.15, -0.1) is 0 Å². The fraction of sp³-hybridized carbons (Fsp3) is 0.739. The van der Waals surface area contributed by atoms with Crippen LogP contribution in [0, 0.1) is 5.92 Å². The van der Waals surface area contributed by atoms with Crippen LogP contribution in [0.25, 0.3) is 0 Å². The van der Waals surface area contributed by atoms with Gasteiger partial charge in [0.25, 0.3) is 0 Å². The van der Waals surface area contributed by atoms with E-state index < -0.39 is 15.7 Å². The van der Waals surface area contributed by atoms with Gasteiger partial charge in [0.2, 0.25) is 10.0 Å². The molecule has 8 heteroatoms. The summed E-state index contributed by atoms with van der Waals surface area (Å²) in [7, 11) is -3.53. The van der Waals surface area contributed by atoms with Crippen LogP contribution in [0.5, 0.6) is 5.75 Å². The second kappa shape index (κ2) is 12.6. The number of benzene rings is 1. The summed E-state index contributed by atoms with van der Waals surface area (Å²) in [6, 6.07) is 4.38. The number of phenols is 1. The summed E-state index contributed by atoms with van der Waals surface area (Å²) in [5, 5.41) is 23.7. The molecular formula is C23H40N2O5S. The quantitative estimate of drug-likeness (QED) is 0.191. The van der Waals surface area contributed by atoms with Crippen LogP contribution in [0.1, 0.15) is 76.7 Å². The van der Waals surface area contributed by atoms with E-state index in [4.69, 9.17) is 4.74 Å². The lowest BCUT2D eigenvalue weighted by Gasteiger charge is -2.26. The minimum absolute atomic E-state index is 0.0468. The third kappa shape index (κ3) is 10.2. The van der Waals surface area contributed by atoms with Gasteiger partial charge in [0.1, 0.15) is 11.5 Å². The number of sulfonamides is 1. The third-order valence-electron chi connectivity index (χ3n) is 5.93. The van der Waals surface area contributed by atoms with E-state index in [9.17, 15) is 18.6 Å². The molecule has 178 valence electrons. The van der Waals surface area contributed by atoms with Gasteiger partial charge in [0.05, 0.1) is 11.9 Å². The van der Waals surface area contributed by atoms with E-state index in [1.165, 1.54) is 50.7 Å². The van der Waals surface area contributed by atoms with Gasteiger partial charge in [0, 0.05) is 18.8 Å². The van der Waals surface area contributed by atoms with Crippen molar-refractivity contribution in [1.29, 1.82) is 0 Å². The molecular weight excluding hydrogens is 416 g/mol. The molecule has 1 aromatic rings. The molecule has 1 saturated carbocycles. The van der Waals surface area contributed by atoms with Gasteiger partial charge < -0.3 is 14.9 Å². The fourth-order valence-corrected chi connectivity index (χ4v) is 4.63. The summed E-state index contributed by atoms with van der Waals surface area (Å²) in [6.45, 7) is 3.95. The van der Waals surface area contributed by atoms with Crippen molar-refractivity contribution in [3.8, 4) is 5.75 Å². The first-order valence-corrected chi connectivity index (χ1v) is 13.4. The highest BCUT2D eigenvalue weighted by Gasteiger charge is 2.23. The number of phenolic OH excluding ortho intramolecular Hbond substituents is 1. The molecule has 1 aromatic carbocycles. The highest BCUT2D eigenvalue weighted by Crippen LogP contribution is 2.29. The summed E-state index contributed by atoms with van der Waals surface area (Å²) in [5.74, 6) is 0.686. The van der Waals surface area contributed by atoms with Gasteiger partial charge in [-0.05, 0) is 50.8 Å². The molecule has 7 nitrogen and oxygen atoms in total. The number of ether oxygens (including phenoxy) is 1. The lowest BCUT2D eigenvalue weighted by atomic mass is 9.87. The molecule has 1 fully saturated rings. The van der Waals surface area contributed by atoms with Crippen molar-refractivity contribution in [2.75, 3.05) is 30.7 Å². The summed E-state index contributed by atoms with van der Waals surface area (Å²) in [4.78, 5) is 0. The van der Waals surface area contributed by atoms with E-state index in [0.717, 1.165) is 51.1 Å². The van der Waals surface area contributed by atoms with Crippen molar-refractivity contribution in [2.45, 2.75) is 76.9 Å². The molecule has 0 heterocycles. The number of hydrogen-bond donors (Lipinski definition) is 4. The smallest absolute Gasteiger partial charge is 0.229 e. The molecule has 1 atom stereocenters. The summed E-state index contributed by atoms with van der Waals surface area (Å²) >= 11 is 0. The van der Waals surface area contributed by atoms with E-state index >= 15 is 0 Å². The maximum atomic E-state index is 11.4. The van der Waals surface area contributed by atoms with Crippen molar-refractivity contribution < 1.29 is 23.4 Å². The van der Waals surface area contributed by atoms with Gasteiger partial charge in [-0.25, -0.2) is 8.42 Å². The molecule has 0 bridgehead atoms. The molecule has 1 unspecified atom stereocenters. The fourth-order valence-electron chi connectivity index (χ4n) is 4.06. The lowest BCUT2D eigenvalue weighted by Crippen LogP contribution is -2.39. The Balaban J connectivity index is 1.59. The van der Waals surface area contributed by atoms with Crippen LogP contribution in [0.3, 0.4) is 0 Å². The normalized spacial score (nSPS) is 17.4. The molecule has 4 N–H and O–H groups in total. The maximum Gasteiger partial charge on any atom is 0.229 e. The zero-order chi connectivity index (χ0) is 22.7. The molecule has 1 aliphatic carbocycles. The molecule has 31 heavy (non-hydrogen) atoms.